The number of hydrogen-bond donors (Lipinski definition) is 22. The van der Waals surface area contributed by atoms with Crippen LogP contribution in [0.1, 0.15) is 225 Å². The van der Waals surface area contributed by atoms with Gasteiger partial charge in [-0.05, 0) is 261 Å². The van der Waals surface area contributed by atoms with Gasteiger partial charge in [0.15, 0.2) is 37.7 Å². The van der Waals surface area contributed by atoms with Gasteiger partial charge in [-0.25, -0.2) is 0 Å². The average Bonchev–Trinajstić information content (AvgIpc) is 1.24. The SMILES string of the molecule is CC(C)=CCC[C@](C)(O[C@@H]1O[C@H](CO[C@@H]2O[C@@H](CO)[C@H](O)[C@H]2O)[C@@H](O)[C@H](O)[C@H]1O)[C@H]1CC[C@]2(C)[C@@H]1[C@H](O)C[C@@H]1[C@@]3(C)CC[C@H](O[C@@H]4O[C@H](CO)[C@@H](O)[C@H](O)[C@H]4O)C(C)(C)[C@@H]3CC[C@]12CC[C@]12CC[C@H](O[C@@H]3O[C@H](CO)[C@@H](O)[C@H](O)[C@H]3O)C(C)(C)[C@@H]1CC[C@]1(C)[C@@H]2C[C@@H](O)[C@@H]2[C@@H]([C@](C)(CCC=C(C)C)O[C@@H]3O[C@H](CO[C@@H]4O[C@@H](CO)[C@H](O)[C@H]4O)[C@@H](O)[C@H](O)[C@H]3O)CC[C@]21C. The summed E-state index contributed by atoms with van der Waals surface area (Å²) in [5.74, 6) is -2.55. The second kappa shape index (κ2) is 38.4. The molecule has 0 bridgehead atoms. The van der Waals surface area contributed by atoms with Crippen LogP contribution in [0.5, 0.6) is 0 Å². The molecule has 14 aliphatic rings. The summed E-state index contributed by atoms with van der Waals surface area (Å²) in [4.78, 5) is 0. The summed E-state index contributed by atoms with van der Waals surface area (Å²) in [6.45, 7) is 26.6. The summed E-state index contributed by atoms with van der Waals surface area (Å²) in [5, 5.41) is 250. The number of ether oxygens (including phenoxy) is 12. The highest BCUT2D eigenvalue weighted by atomic mass is 16.8. The molecule has 48 atom stereocenters. The maximum Gasteiger partial charge on any atom is 0.187 e. The Bertz CT molecular complexity index is 3760. The normalized spacial score (nSPS) is 52.4. The standard InChI is InChI=1S/C94H158O34/c1-43(2)17-15-25-91(13,127-83-77(115)71(109)67(105)53(123-83)41-117-79-73(111)65(103)51(39-97)119-79)45-19-28-89(11)61(45)48(100)36-58-88(89,10)30-21-56-86(7,8)60(126-82-76(114)70(108)64(102)50(38-96)122-82)24-31-93(56,58)33-34-94-32-22-55-85(5,6)59(125-81-75(113)69(107)63(101)49(37-95)121-81)23-27-87(55,9)57(94)35-47(99)62-46(20-29-90(62,94)12)92(14,26-16-18-44(3)4)128-84-78(116)72(110)68(106)54(124-84)42-118-80-74(112)66(104)52(40-98)120-80/h17-18,45-84,95-116H,15-16,19-42H2,1-14H3/t45-,46-,47+,48+,49+,50+,51-,52-,53+,54+,55-,56-,57+,58-,59-,60-,61-,62-,63+,64+,65-,66-,67+,68+,69-,70-,71-,72-,73+,74+,75+,76+,77+,78+,79+,80+,81-,82-,83-,84-,87-,88+,89+,90+,91-,92-,93+,94-/m0/s1. The maximum atomic E-state index is 14.1. The minimum atomic E-state index is -1.84. The summed E-state index contributed by atoms with van der Waals surface area (Å²) >= 11 is 0. The monoisotopic (exact) mass is 1830 g/mol. The van der Waals surface area contributed by atoms with Crippen LogP contribution in [0, 0.1) is 90.7 Å². The van der Waals surface area contributed by atoms with Gasteiger partial charge in [0, 0.05) is 0 Å². The molecular weight excluding hydrogens is 1670 g/mol. The van der Waals surface area contributed by atoms with E-state index in [9.17, 15) is 112 Å². The fraction of sp³-hybridized carbons (Fsp3) is 0.957. The Kier molecular flexibility index (Phi) is 30.6. The third kappa shape index (κ3) is 17.4. The van der Waals surface area contributed by atoms with Crippen LogP contribution in [-0.4, -0.2) is 360 Å². The Balaban J connectivity index is 0.851. The summed E-state index contributed by atoms with van der Waals surface area (Å²) in [5.41, 5.74) is -5.62. The number of hydrogen-bond acceptors (Lipinski definition) is 34. The minimum Gasteiger partial charge on any atom is -0.394 e. The second-order valence-electron chi connectivity index (χ2n) is 44.9. The van der Waals surface area contributed by atoms with Gasteiger partial charge in [0.25, 0.3) is 0 Å². The van der Waals surface area contributed by atoms with Crippen molar-refractivity contribution >= 4 is 0 Å². The van der Waals surface area contributed by atoms with Crippen molar-refractivity contribution in [3.05, 3.63) is 23.3 Å². The van der Waals surface area contributed by atoms with Crippen molar-refractivity contribution < 1.29 is 169 Å². The van der Waals surface area contributed by atoms with E-state index in [0.29, 0.717) is 128 Å². The molecule has 14 fully saturated rings. The van der Waals surface area contributed by atoms with Crippen LogP contribution < -0.4 is 0 Å². The Hall–Kier alpha value is -1.88. The third-order valence-electron chi connectivity index (χ3n) is 37.3. The topological polar surface area (TPSA) is 556 Å². The first-order valence-corrected chi connectivity index (χ1v) is 47.8. The van der Waals surface area contributed by atoms with E-state index < -0.39 is 314 Å². The lowest BCUT2D eigenvalue weighted by atomic mass is 9.31. The van der Waals surface area contributed by atoms with Gasteiger partial charge in [-0.2, -0.15) is 0 Å². The van der Waals surface area contributed by atoms with Crippen LogP contribution in [-0.2, 0) is 56.8 Å². The van der Waals surface area contributed by atoms with Crippen LogP contribution in [0.4, 0.5) is 0 Å². The van der Waals surface area contributed by atoms with Gasteiger partial charge < -0.3 is 169 Å². The second-order valence-corrected chi connectivity index (χ2v) is 44.9. The zero-order chi connectivity index (χ0) is 93.5. The fourth-order valence-electron chi connectivity index (χ4n) is 30.1. The van der Waals surface area contributed by atoms with Gasteiger partial charge in [-0.3, -0.25) is 0 Å². The summed E-state index contributed by atoms with van der Waals surface area (Å²) in [7, 11) is 0. The molecule has 22 N–H and O–H groups in total. The van der Waals surface area contributed by atoms with E-state index in [-0.39, 0.29) is 23.7 Å². The van der Waals surface area contributed by atoms with Crippen molar-refractivity contribution in [1.82, 2.24) is 0 Å². The van der Waals surface area contributed by atoms with Crippen LogP contribution in [0.3, 0.4) is 0 Å². The Morgan fingerprint density at radius 3 is 1.12 bits per heavy atom. The number of rotatable bonds is 29. The number of aliphatic hydroxyl groups excluding tert-OH is 22. The molecule has 34 nitrogen and oxygen atoms in total. The quantitative estimate of drug-likeness (QED) is 0.0366. The third-order valence-corrected chi connectivity index (χ3v) is 37.3. The van der Waals surface area contributed by atoms with Crippen LogP contribution >= 0.6 is 0 Å². The lowest BCUT2D eigenvalue weighted by Gasteiger charge is -2.74. The molecule has 8 aliphatic carbocycles. The van der Waals surface area contributed by atoms with Crippen molar-refractivity contribution in [3.63, 3.8) is 0 Å². The van der Waals surface area contributed by atoms with E-state index in [4.69, 9.17) is 56.8 Å². The number of allylic oxidation sites excluding steroid dienone is 4. The molecule has 14 rings (SSSR count). The lowest BCUT2D eigenvalue weighted by molar-refractivity contribution is -0.344. The van der Waals surface area contributed by atoms with Crippen molar-refractivity contribution in [3.8, 4) is 0 Å². The van der Waals surface area contributed by atoms with E-state index in [0.717, 1.165) is 11.1 Å². The van der Waals surface area contributed by atoms with E-state index in [2.05, 4.69) is 67.5 Å². The molecule has 0 spiro atoms. The molecule has 0 aromatic rings. The largest absolute Gasteiger partial charge is 0.394 e. The molecule has 6 aliphatic heterocycles. The molecule has 0 unspecified atom stereocenters. The minimum absolute atomic E-state index is 0.105. The van der Waals surface area contributed by atoms with Gasteiger partial charge >= 0.3 is 0 Å². The Morgan fingerprint density at radius 2 is 0.688 bits per heavy atom. The highest BCUT2D eigenvalue weighted by Gasteiger charge is 2.77. The molecule has 0 radical (unpaired) electrons. The smallest absolute Gasteiger partial charge is 0.187 e. The number of fused-ring (bicyclic) bond motifs is 10. The molecule has 738 valence electrons. The van der Waals surface area contributed by atoms with Crippen LogP contribution in [0.2, 0.25) is 0 Å². The zero-order valence-electron chi connectivity index (χ0n) is 77.4. The lowest BCUT2D eigenvalue weighted by Crippen LogP contribution is -2.70. The Labute approximate surface area is 752 Å². The summed E-state index contributed by atoms with van der Waals surface area (Å²) < 4.78 is 76.8. The first-order chi connectivity index (χ1) is 60.0. The molecule has 0 aromatic heterocycles. The Morgan fingerprint density at radius 1 is 0.344 bits per heavy atom. The molecule has 6 saturated heterocycles. The van der Waals surface area contributed by atoms with Crippen molar-refractivity contribution in [2.24, 2.45) is 90.7 Å². The van der Waals surface area contributed by atoms with Crippen molar-refractivity contribution in [1.29, 1.82) is 0 Å². The fourth-order valence-corrected chi connectivity index (χ4v) is 30.1. The molecule has 0 aromatic carbocycles. The highest BCUT2D eigenvalue weighted by molar-refractivity contribution is 5.26. The molecule has 128 heavy (non-hydrogen) atoms. The van der Waals surface area contributed by atoms with E-state index in [1.165, 1.54) is 0 Å². The highest BCUT2D eigenvalue weighted by Crippen LogP contribution is 2.82. The van der Waals surface area contributed by atoms with Crippen molar-refractivity contribution in [2.75, 3.05) is 39.6 Å². The molecule has 8 saturated carbocycles. The van der Waals surface area contributed by atoms with Crippen LogP contribution in [0.25, 0.3) is 0 Å². The predicted molar refractivity (Wildman–Crippen MR) is 453 cm³/mol. The number of aliphatic hydroxyl groups is 22. The van der Waals surface area contributed by atoms with Gasteiger partial charge in [-0.1, -0.05) is 78.7 Å². The molecule has 34 heteroatoms. The van der Waals surface area contributed by atoms with Crippen molar-refractivity contribution in [2.45, 2.75) is 433 Å². The van der Waals surface area contributed by atoms with Gasteiger partial charge in [0.05, 0.1) is 75.3 Å². The van der Waals surface area contributed by atoms with E-state index >= 15 is 0 Å². The van der Waals surface area contributed by atoms with Crippen LogP contribution in [0.15, 0.2) is 23.3 Å². The maximum absolute atomic E-state index is 14.1. The predicted octanol–water partition coefficient (Wildman–Crippen LogP) is 0.979. The zero-order valence-corrected chi connectivity index (χ0v) is 77.4. The molecule has 6 heterocycles. The van der Waals surface area contributed by atoms with Gasteiger partial charge in [0.2, 0.25) is 0 Å². The molecular formula is C94H158O34. The summed E-state index contributed by atoms with van der Waals surface area (Å²) in [6, 6.07) is 0. The molecule has 0 amide bonds. The first kappa shape index (κ1) is 102. The summed E-state index contributed by atoms with van der Waals surface area (Å²) in [6.07, 6.45) is -31.5. The van der Waals surface area contributed by atoms with E-state index in [1.54, 1.807) is 0 Å². The first-order valence-electron chi connectivity index (χ1n) is 47.8. The average molecular weight is 1830 g/mol. The van der Waals surface area contributed by atoms with Gasteiger partial charge in [-0.15, -0.1) is 0 Å². The van der Waals surface area contributed by atoms with Gasteiger partial charge in [0.1, 0.15) is 134 Å². The van der Waals surface area contributed by atoms with E-state index in [1.807, 2.05) is 41.5 Å².